The molecule has 0 aliphatic carbocycles. The molecule has 0 aromatic heterocycles. The van der Waals surface area contributed by atoms with Crippen molar-refractivity contribution < 1.29 is 23.7 Å². The van der Waals surface area contributed by atoms with Crippen LogP contribution in [-0.4, -0.2) is 33.5 Å². The summed E-state index contributed by atoms with van der Waals surface area (Å²) in [5.74, 6) is 4.09. The molecule has 0 unspecified atom stereocenters. The van der Waals surface area contributed by atoms with E-state index < -0.39 is 0 Å². The van der Waals surface area contributed by atoms with Gasteiger partial charge in [-0.1, -0.05) is 63.4 Å². The van der Waals surface area contributed by atoms with Crippen molar-refractivity contribution >= 4 is 0 Å². The molecular formula is C34H46O5. The van der Waals surface area contributed by atoms with Gasteiger partial charge in [0.25, 0.3) is 0 Å². The van der Waals surface area contributed by atoms with E-state index >= 15 is 0 Å². The molecule has 0 atom stereocenters. The van der Waals surface area contributed by atoms with E-state index in [0.29, 0.717) is 32.2 Å². The Morgan fingerprint density at radius 2 is 1.10 bits per heavy atom. The molecule has 0 amide bonds. The first-order valence-electron chi connectivity index (χ1n) is 13.4. The predicted octanol–water partition coefficient (Wildman–Crippen LogP) is 8.63. The Balaban J connectivity index is 0.000000339. The minimum atomic E-state index is -0.0446. The second-order valence-corrected chi connectivity index (χ2v) is 8.73. The van der Waals surface area contributed by atoms with Gasteiger partial charge in [0, 0.05) is 5.41 Å². The number of para-hydroxylation sites is 2. The van der Waals surface area contributed by atoms with E-state index in [1.165, 1.54) is 11.1 Å². The Morgan fingerprint density at radius 3 is 1.44 bits per heavy atom. The monoisotopic (exact) mass is 534 g/mol. The lowest BCUT2D eigenvalue weighted by Gasteiger charge is -2.26. The van der Waals surface area contributed by atoms with E-state index in [1.54, 1.807) is 13.2 Å². The molecule has 0 fully saturated rings. The van der Waals surface area contributed by atoms with Crippen molar-refractivity contribution in [3.05, 3.63) is 109 Å². The molecule has 0 spiro atoms. The summed E-state index contributed by atoms with van der Waals surface area (Å²) >= 11 is 0. The molecule has 3 aromatic rings. The number of benzene rings is 3. The van der Waals surface area contributed by atoms with Crippen molar-refractivity contribution in [2.45, 2.75) is 47.0 Å². The summed E-state index contributed by atoms with van der Waals surface area (Å²) in [5, 5.41) is 0. The van der Waals surface area contributed by atoms with Gasteiger partial charge in [-0.2, -0.15) is 0 Å². The molecule has 0 radical (unpaired) electrons. The fourth-order valence-corrected chi connectivity index (χ4v) is 3.55. The molecule has 0 saturated carbocycles. The molecule has 5 heteroatoms. The zero-order valence-electron chi connectivity index (χ0n) is 24.8. The molecule has 5 nitrogen and oxygen atoms in total. The standard InChI is InChI=1S/C18H22O2.C10H14O2.C6H10O/c1-5-20-17-12-8-15(9-13-17)18(2,3)14-6-10-16(19-4)11-7-14;1-3-11-9-7-5-6-8-10(9)12-4-2;1-4-6(3)7-5-2/h6-13H,5H2,1-4H3;5-8H,3-4H2,1-2H3;4H,1,3,5H2,2H3. The van der Waals surface area contributed by atoms with Gasteiger partial charge in [-0.25, -0.2) is 0 Å². The van der Waals surface area contributed by atoms with Crippen molar-refractivity contribution in [3.8, 4) is 23.0 Å². The molecule has 0 aliphatic heterocycles. The van der Waals surface area contributed by atoms with Gasteiger partial charge in [-0.05, 0) is 81.3 Å². The van der Waals surface area contributed by atoms with Crippen LogP contribution in [0.25, 0.3) is 0 Å². The van der Waals surface area contributed by atoms with Gasteiger partial charge in [0.15, 0.2) is 11.5 Å². The number of methoxy groups -OCH3 is 1. The predicted molar refractivity (Wildman–Crippen MR) is 162 cm³/mol. The Hall–Kier alpha value is -3.86. The minimum Gasteiger partial charge on any atom is -0.497 e. The fourth-order valence-electron chi connectivity index (χ4n) is 3.55. The number of rotatable bonds is 12. The zero-order chi connectivity index (χ0) is 29.1. The van der Waals surface area contributed by atoms with Crippen LogP contribution in [0.1, 0.15) is 52.7 Å². The molecule has 0 aliphatic rings. The second-order valence-electron chi connectivity index (χ2n) is 8.73. The topological polar surface area (TPSA) is 46.2 Å². The Morgan fingerprint density at radius 1 is 0.667 bits per heavy atom. The molecular weight excluding hydrogens is 488 g/mol. The van der Waals surface area contributed by atoms with Crippen molar-refractivity contribution in [1.29, 1.82) is 0 Å². The molecule has 0 heterocycles. The second kappa shape index (κ2) is 18.4. The third kappa shape index (κ3) is 11.6. The highest BCUT2D eigenvalue weighted by Crippen LogP contribution is 2.33. The number of allylic oxidation sites excluding steroid dienone is 1. The van der Waals surface area contributed by atoms with Crippen LogP contribution in [0.5, 0.6) is 23.0 Å². The van der Waals surface area contributed by atoms with Gasteiger partial charge >= 0.3 is 0 Å². The number of hydrogen-bond acceptors (Lipinski definition) is 5. The van der Waals surface area contributed by atoms with Crippen LogP contribution in [-0.2, 0) is 10.2 Å². The van der Waals surface area contributed by atoms with Crippen molar-refractivity contribution in [2.24, 2.45) is 0 Å². The summed E-state index contributed by atoms with van der Waals surface area (Å²) in [6.07, 6.45) is 1.59. The largest absolute Gasteiger partial charge is 0.497 e. The molecule has 39 heavy (non-hydrogen) atoms. The summed E-state index contributed by atoms with van der Waals surface area (Å²) in [5.41, 5.74) is 2.49. The van der Waals surface area contributed by atoms with Crippen molar-refractivity contribution in [3.63, 3.8) is 0 Å². The van der Waals surface area contributed by atoms with Crippen molar-refractivity contribution in [1.82, 2.24) is 0 Å². The number of hydrogen-bond donors (Lipinski definition) is 0. The highest BCUT2D eigenvalue weighted by molar-refractivity contribution is 5.42. The smallest absolute Gasteiger partial charge is 0.161 e. The maximum absolute atomic E-state index is 5.49. The Bertz CT molecular complexity index is 1060. The van der Waals surface area contributed by atoms with E-state index in [1.807, 2.05) is 76.2 Å². The first-order chi connectivity index (χ1) is 18.8. The third-order valence-corrected chi connectivity index (χ3v) is 5.70. The molecule has 0 saturated heterocycles. The van der Waals surface area contributed by atoms with Crippen LogP contribution in [0.15, 0.2) is 97.8 Å². The normalized spacial score (nSPS) is 10.0. The summed E-state index contributed by atoms with van der Waals surface area (Å²) in [6, 6.07) is 24.3. The summed E-state index contributed by atoms with van der Waals surface area (Å²) in [4.78, 5) is 0. The first kappa shape index (κ1) is 33.2. The van der Waals surface area contributed by atoms with Gasteiger partial charge in [0.2, 0.25) is 0 Å². The Kier molecular flexibility index (Phi) is 15.6. The summed E-state index contributed by atoms with van der Waals surface area (Å²) in [7, 11) is 1.69. The molecule has 0 bridgehead atoms. The van der Waals surface area contributed by atoms with Crippen LogP contribution in [0.4, 0.5) is 0 Å². The highest BCUT2D eigenvalue weighted by atomic mass is 16.5. The van der Waals surface area contributed by atoms with Crippen LogP contribution < -0.4 is 18.9 Å². The first-order valence-corrected chi connectivity index (χ1v) is 13.4. The quantitative estimate of drug-likeness (QED) is 0.172. The van der Waals surface area contributed by atoms with Gasteiger partial charge in [0.05, 0.1) is 33.5 Å². The SMILES string of the molecule is C=CC(=C)OCC.CCOc1ccc(C(C)(C)c2ccc(OC)cc2)cc1.CCOc1ccccc1OCC. The molecule has 3 rings (SSSR count). The van der Waals surface area contributed by atoms with Gasteiger partial charge in [-0.15, -0.1) is 0 Å². The van der Waals surface area contributed by atoms with Gasteiger partial charge < -0.3 is 23.7 Å². The lowest BCUT2D eigenvalue weighted by molar-refractivity contribution is 0.244. The van der Waals surface area contributed by atoms with Crippen LogP contribution >= 0.6 is 0 Å². The van der Waals surface area contributed by atoms with Crippen LogP contribution in [0, 0.1) is 0 Å². The summed E-state index contributed by atoms with van der Waals surface area (Å²) < 4.78 is 26.3. The van der Waals surface area contributed by atoms with Gasteiger partial charge in [-0.3, -0.25) is 0 Å². The third-order valence-electron chi connectivity index (χ3n) is 5.70. The van der Waals surface area contributed by atoms with E-state index in [-0.39, 0.29) is 5.41 Å². The summed E-state index contributed by atoms with van der Waals surface area (Å²) in [6.45, 7) is 22.0. The van der Waals surface area contributed by atoms with Crippen LogP contribution in [0.2, 0.25) is 0 Å². The Labute approximate surface area is 236 Å². The lowest BCUT2D eigenvalue weighted by Crippen LogP contribution is -2.18. The van der Waals surface area contributed by atoms with E-state index in [0.717, 1.165) is 23.0 Å². The van der Waals surface area contributed by atoms with Gasteiger partial charge in [0.1, 0.15) is 17.3 Å². The lowest BCUT2D eigenvalue weighted by atomic mass is 9.78. The minimum absolute atomic E-state index is 0.0446. The van der Waals surface area contributed by atoms with E-state index in [4.69, 9.17) is 23.7 Å². The average Bonchev–Trinajstić information content (AvgIpc) is 2.96. The maximum Gasteiger partial charge on any atom is 0.161 e. The fraction of sp³-hybridized carbons (Fsp3) is 0.353. The van der Waals surface area contributed by atoms with E-state index in [9.17, 15) is 0 Å². The zero-order valence-corrected chi connectivity index (χ0v) is 24.8. The molecule has 212 valence electrons. The van der Waals surface area contributed by atoms with E-state index in [2.05, 4.69) is 51.3 Å². The highest BCUT2D eigenvalue weighted by Gasteiger charge is 2.23. The van der Waals surface area contributed by atoms with Crippen LogP contribution in [0.3, 0.4) is 0 Å². The average molecular weight is 535 g/mol. The molecule has 0 N–H and O–H groups in total. The molecule has 3 aromatic carbocycles. The maximum atomic E-state index is 5.49. The van der Waals surface area contributed by atoms with Crippen molar-refractivity contribution in [2.75, 3.05) is 33.5 Å². The number of ether oxygens (including phenoxy) is 5.